The highest BCUT2D eigenvalue weighted by Gasteiger charge is 2.14. The standard InChI is InChI=1S/C20H17N5O/c26-20(23-10-8-15-5-4-9-21-13-15)17-14-25-12-11-22-18(19(25)24-17)16-6-2-1-3-7-16/h1-7,9,11-14H,8,10H2,(H,23,26). The van der Waals surface area contributed by atoms with E-state index in [0.717, 1.165) is 23.2 Å². The normalized spacial score (nSPS) is 10.8. The third-order valence-electron chi connectivity index (χ3n) is 4.08. The number of fused-ring (bicyclic) bond motifs is 1. The molecule has 0 saturated heterocycles. The first-order valence-electron chi connectivity index (χ1n) is 8.37. The molecule has 4 rings (SSSR count). The number of aromatic nitrogens is 4. The van der Waals surface area contributed by atoms with Crippen LogP contribution in [0.5, 0.6) is 0 Å². The predicted octanol–water partition coefficient (Wildman–Crippen LogP) is 2.76. The molecule has 0 radical (unpaired) electrons. The zero-order valence-corrected chi connectivity index (χ0v) is 14.0. The summed E-state index contributed by atoms with van der Waals surface area (Å²) in [6.07, 6.45) is 9.49. The zero-order chi connectivity index (χ0) is 17.8. The van der Waals surface area contributed by atoms with Crippen LogP contribution >= 0.6 is 0 Å². The van der Waals surface area contributed by atoms with Gasteiger partial charge in [0.2, 0.25) is 0 Å². The van der Waals surface area contributed by atoms with Crippen molar-refractivity contribution in [2.45, 2.75) is 6.42 Å². The van der Waals surface area contributed by atoms with Crippen LogP contribution in [0.4, 0.5) is 0 Å². The Morgan fingerprint density at radius 1 is 1.08 bits per heavy atom. The molecule has 26 heavy (non-hydrogen) atoms. The number of imidazole rings is 1. The lowest BCUT2D eigenvalue weighted by atomic mass is 10.1. The summed E-state index contributed by atoms with van der Waals surface area (Å²) in [6, 6.07) is 13.7. The number of amides is 1. The Bertz CT molecular complexity index is 1030. The molecule has 128 valence electrons. The molecule has 1 aromatic carbocycles. The van der Waals surface area contributed by atoms with Crippen molar-refractivity contribution < 1.29 is 4.79 Å². The van der Waals surface area contributed by atoms with E-state index in [9.17, 15) is 4.79 Å². The predicted molar refractivity (Wildman–Crippen MR) is 98.7 cm³/mol. The van der Waals surface area contributed by atoms with Crippen LogP contribution in [0.3, 0.4) is 0 Å². The van der Waals surface area contributed by atoms with E-state index < -0.39 is 0 Å². The van der Waals surface area contributed by atoms with Crippen LogP contribution in [0.2, 0.25) is 0 Å². The summed E-state index contributed by atoms with van der Waals surface area (Å²) in [7, 11) is 0. The van der Waals surface area contributed by atoms with E-state index in [1.807, 2.05) is 46.9 Å². The number of hydrogen-bond donors (Lipinski definition) is 1. The van der Waals surface area contributed by atoms with Crippen molar-refractivity contribution in [1.29, 1.82) is 0 Å². The lowest BCUT2D eigenvalue weighted by Gasteiger charge is -2.02. The molecular formula is C20H17N5O. The molecular weight excluding hydrogens is 326 g/mol. The van der Waals surface area contributed by atoms with E-state index in [4.69, 9.17) is 0 Å². The molecule has 4 aromatic rings. The smallest absolute Gasteiger partial charge is 0.271 e. The highest BCUT2D eigenvalue weighted by atomic mass is 16.1. The van der Waals surface area contributed by atoms with Crippen molar-refractivity contribution in [1.82, 2.24) is 24.7 Å². The third kappa shape index (κ3) is 3.30. The second kappa shape index (κ2) is 7.14. The molecule has 0 aliphatic carbocycles. The maximum atomic E-state index is 12.4. The quantitative estimate of drug-likeness (QED) is 0.605. The first-order valence-corrected chi connectivity index (χ1v) is 8.37. The number of nitrogens with zero attached hydrogens (tertiary/aromatic N) is 4. The Kier molecular flexibility index (Phi) is 4.38. The minimum atomic E-state index is -0.198. The Morgan fingerprint density at radius 3 is 2.77 bits per heavy atom. The molecule has 0 aliphatic rings. The van der Waals surface area contributed by atoms with Gasteiger partial charge in [0.1, 0.15) is 11.4 Å². The average Bonchev–Trinajstić information content (AvgIpc) is 3.14. The molecule has 0 saturated carbocycles. The van der Waals surface area contributed by atoms with Crippen LogP contribution in [0, 0.1) is 0 Å². The maximum absolute atomic E-state index is 12.4. The van der Waals surface area contributed by atoms with Crippen molar-refractivity contribution >= 4 is 11.6 Å². The second-order valence-electron chi connectivity index (χ2n) is 5.87. The molecule has 0 spiro atoms. The van der Waals surface area contributed by atoms with Crippen molar-refractivity contribution in [3.63, 3.8) is 0 Å². The zero-order valence-electron chi connectivity index (χ0n) is 14.0. The van der Waals surface area contributed by atoms with E-state index in [-0.39, 0.29) is 5.91 Å². The number of nitrogens with one attached hydrogen (secondary N) is 1. The van der Waals surface area contributed by atoms with Gasteiger partial charge in [0.05, 0.1) is 0 Å². The summed E-state index contributed by atoms with van der Waals surface area (Å²) < 4.78 is 1.82. The van der Waals surface area contributed by atoms with Crippen LogP contribution in [-0.2, 0) is 6.42 Å². The largest absolute Gasteiger partial charge is 0.350 e. The first kappa shape index (κ1) is 16.0. The lowest BCUT2D eigenvalue weighted by Crippen LogP contribution is -2.26. The fourth-order valence-electron chi connectivity index (χ4n) is 2.79. The third-order valence-corrected chi connectivity index (χ3v) is 4.08. The van der Waals surface area contributed by atoms with Gasteiger partial charge < -0.3 is 9.72 Å². The van der Waals surface area contributed by atoms with Crippen molar-refractivity contribution in [3.8, 4) is 11.3 Å². The summed E-state index contributed by atoms with van der Waals surface area (Å²) in [5, 5.41) is 2.90. The number of pyridine rings is 1. The molecule has 0 aliphatic heterocycles. The Labute approximate surface area is 150 Å². The number of benzene rings is 1. The van der Waals surface area contributed by atoms with Gasteiger partial charge in [-0.2, -0.15) is 0 Å². The van der Waals surface area contributed by atoms with Crippen LogP contribution in [0.15, 0.2) is 73.4 Å². The SMILES string of the molecule is O=C(NCCc1cccnc1)c1cn2ccnc(-c3ccccc3)c2n1. The summed E-state index contributed by atoms with van der Waals surface area (Å²) >= 11 is 0. The molecule has 0 unspecified atom stereocenters. The second-order valence-corrected chi connectivity index (χ2v) is 5.87. The van der Waals surface area contributed by atoms with E-state index in [1.165, 1.54) is 0 Å². The van der Waals surface area contributed by atoms with Gasteiger partial charge in [-0.25, -0.2) is 4.98 Å². The van der Waals surface area contributed by atoms with Crippen molar-refractivity contribution in [3.05, 3.63) is 84.7 Å². The van der Waals surface area contributed by atoms with Crippen molar-refractivity contribution in [2.75, 3.05) is 6.54 Å². The highest BCUT2D eigenvalue weighted by Crippen LogP contribution is 2.21. The molecule has 6 heteroatoms. The number of rotatable bonds is 5. The van der Waals surface area contributed by atoms with Crippen molar-refractivity contribution in [2.24, 2.45) is 0 Å². The molecule has 3 heterocycles. The summed E-state index contributed by atoms with van der Waals surface area (Å²) in [4.78, 5) is 25.4. The minimum absolute atomic E-state index is 0.198. The summed E-state index contributed by atoms with van der Waals surface area (Å²) in [5.74, 6) is -0.198. The minimum Gasteiger partial charge on any atom is -0.350 e. The average molecular weight is 343 g/mol. The monoisotopic (exact) mass is 343 g/mol. The number of carbonyl (C=O) groups is 1. The van der Waals surface area contributed by atoms with Crippen LogP contribution < -0.4 is 5.32 Å². The van der Waals surface area contributed by atoms with Gasteiger partial charge in [-0.05, 0) is 18.1 Å². The van der Waals surface area contributed by atoms with Gasteiger partial charge in [0.15, 0.2) is 5.65 Å². The molecule has 1 amide bonds. The van der Waals surface area contributed by atoms with Gasteiger partial charge in [0.25, 0.3) is 5.91 Å². The molecule has 0 fully saturated rings. The Balaban J connectivity index is 1.53. The molecule has 0 atom stereocenters. The highest BCUT2D eigenvalue weighted by molar-refractivity contribution is 5.93. The van der Waals surface area contributed by atoms with Gasteiger partial charge in [0, 0.05) is 43.1 Å². The first-order chi connectivity index (χ1) is 12.8. The molecule has 3 aromatic heterocycles. The van der Waals surface area contributed by atoms with Gasteiger partial charge >= 0.3 is 0 Å². The lowest BCUT2D eigenvalue weighted by molar-refractivity contribution is 0.0950. The van der Waals surface area contributed by atoms with E-state index in [1.54, 1.807) is 31.0 Å². The topological polar surface area (TPSA) is 72.2 Å². The number of hydrogen-bond acceptors (Lipinski definition) is 4. The summed E-state index contributed by atoms with van der Waals surface area (Å²) in [5.41, 5.74) is 3.84. The Hall–Kier alpha value is -3.54. The molecule has 6 nitrogen and oxygen atoms in total. The van der Waals surface area contributed by atoms with Crippen LogP contribution in [-0.4, -0.2) is 31.8 Å². The van der Waals surface area contributed by atoms with E-state index in [2.05, 4.69) is 20.3 Å². The number of carbonyl (C=O) groups excluding carboxylic acids is 1. The molecule has 0 bridgehead atoms. The fourth-order valence-corrected chi connectivity index (χ4v) is 2.79. The van der Waals surface area contributed by atoms with Gasteiger partial charge in [-0.15, -0.1) is 0 Å². The van der Waals surface area contributed by atoms with Crippen LogP contribution in [0.25, 0.3) is 16.9 Å². The summed E-state index contributed by atoms with van der Waals surface area (Å²) in [6.45, 7) is 0.530. The van der Waals surface area contributed by atoms with Gasteiger partial charge in [-0.1, -0.05) is 36.4 Å². The maximum Gasteiger partial charge on any atom is 0.271 e. The Morgan fingerprint density at radius 2 is 1.96 bits per heavy atom. The van der Waals surface area contributed by atoms with E-state index >= 15 is 0 Å². The van der Waals surface area contributed by atoms with E-state index in [0.29, 0.717) is 17.9 Å². The fraction of sp³-hybridized carbons (Fsp3) is 0.100. The molecule has 1 N–H and O–H groups in total. The van der Waals surface area contributed by atoms with Gasteiger partial charge in [-0.3, -0.25) is 14.8 Å². The van der Waals surface area contributed by atoms with Crippen LogP contribution in [0.1, 0.15) is 16.1 Å².